The lowest BCUT2D eigenvalue weighted by Crippen LogP contribution is -2.50. The van der Waals surface area contributed by atoms with E-state index in [2.05, 4.69) is 16.0 Å². The summed E-state index contributed by atoms with van der Waals surface area (Å²) in [6.07, 6.45) is -0.522. The standard InChI is InChI=1S/C31H32N4O6/c1-31(2,3)41-30(40)33-19-26(36)34-22-15-13-21(14-16-22)18-32-27(37)25(17-20-9-5-4-6-10-20)35-28(38)23-11-7-8-12-24(23)29(35)39/h4-16,25H,17-19H2,1-3H3,(H,32,37)(H,33,40)(H,34,36). The van der Waals surface area contributed by atoms with Crippen LogP contribution in [0.25, 0.3) is 0 Å². The van der Waals surface area contributed by atoms with Gasteiger partial charge in [-0.15, -0.1) is 0 Å². The predicted octanol–water partition coefficient (Wildman–Crippen LogP) is 3.67. The van der Waals surface area contributed by atoms with E-state index in [0.717, 1.165) is 16.0 Å². The molecule has 0 radical (unpaired) electrons. The molecule has 1 unspecified atom stereocenters. The van der Waals surface area contributed by atoms with Crippen LogP contribution in [0.15, 0.2) is 78.9 Å². The molecule has 0 fully saturated rings. The second kappa shape index (κ2) is 12.5. The molecule has 1 heterocycles. The van der Waals surface area contributed by atoms with Crippen LogP contribution < -0.4 is 16.0 Å². The molecule has 0 bridgehead atoms. The van der Waals surface area contributed by atoms with E-state index in [0.29, 0.717) is 5.69 Å². The lowest BCUT2D eigenvalue weighted by molar-refractivity contribution is -0.125. The Kier molecular flexibility index (Phi) is 8.81. The Morgan fingerprint density at radius 2 is 1.37 bits per heavy atom. The minimum absolute atomic E-state index is 0.141. The minimum Gasteiger partial charge on any atom is -0.444 e. The number of imide groups is 1. The van der Waals surface area contributed by atoms with E-state index in [1.54, 1.807) is 69.3 Å². The van der Waals surface area contributed by atoms with Gasteiger partial charge in [0.25, 0.3) is 11.8 Å². The number of nitrogens with zero attached hydrogens (tertiary/aromatic N) is 1. The Morgan fingerprint density at radius 1 is 0.780 bits per heavy atom. The Bertz CT molecular complexity index is 1410. The first kappa shape index (κ1) is 29.0. The number of benzene rings is 3. The Labute approximate surface area is 238 Å². The van der Waals surface area contributed by atoms with Crippen LogP contribution in [0.4, 0.5) is 10.5 Å². The van der Waals surface area contributed by atoms with Crippen LogP contribution in [0.3, 0.4) is 0 Å². The maximum atomic E-state index is 13.4. The topological polar surface area (TPSA) is 134 Å². The molecule has 0 aromatic heterocycles. The molecule has 1 aliphatic rings. The van der Waals surface area contributed by atoms with Gasteiger partial charge in [-0.3, -0.25) is 24.1 Å². The quantitative estimate of drug-likeness (QED) is 0.345. The Morgan fingerprint density at radius 3 is 1.95 bits per heavy atom. The average molecular weight is 557 g/mol. The number of carbonyl (C=O) groups excluding carboxylic acids is 5. The number of amides is 5. The Hall–Kier alpha value is -4.99. The third kappa shape index (κ3) is 7.57. The van der Waals surface area contributed by atoms with E-state index in [4.69, 9.17) is 4.74 Å². The minimum atomic E-state index is -1.04. The highest BCUT2D eigenvalue weighted by molar-refractivity contribution is 6.22. The fourth-order valence-electron chi connectivity index (χ4n) is 4.31. The fourth-order valence-corrected chi connectivity index (χ4v) is 4.31. The molecule has 4 rings (SSSR count). The molecule has 10 nitrogen and oxygen atoms in total. The summed E-state index contributed by atoms with van der Waals surface area (Å²) in [7, 11) is 0. The Balaban J connectivity index is 1.37. The zero-order valence-electron chi connectivity index (χ0n) is 23.1. The van der Waals surface area contributed by atoms with Crippen LogP contribution in [0.5, 0.6) is 0 Å². The van der Waals surface area contributed by atoms with Gasteiger partial charge in [-0.2, -0.15) is 0 Å². The van der Waals surface area contributed by atoms with Crippen molar-refractivity contribution in [3.05, 3.63) is 101 Å². The molecule has 1 aliphatic heterocycles. The fraction of sp³-hybridized carbons (Fsp3) is 0.258. The smallest absolute Gasteiger partial charge is 0.408 e. The molecule has 1 atom stereocenters. The van der Waals surface area contributed by atoms with Crippen molar-refractivity contribution >= 4 is 35.4 Å². The first-order valence-corrected chi connectivity index (χ1v) is 13.2. The second-order valence-electron chi connectivity index (χ2n) is 10.5. The van der Waals surface area contributed by atoms with Gasteiger partial charge in [0.05, 0.1) is 11.1 Å². The summed E-state index contributed by atoms with van der Waals surface area (Å²) in [6, 6.07) is 21.5. The normalized spacial score (nSPS) is 13.3. The van der Waals surface area contributed by atoms with Gasteiger partial charge < -0.3 is 20.7 Å². The lowest BCUT2D eigenvalue weighted by Gasteiger charge is -2.25. The average Bonchev–Trinajstić information content (AvgIpc) is 3.19. The molecular weight excluding hydrogens is 524 g/mol. The molecule has 41 heavy (non-hydrogen) atoms. The number of hydrogen-bond donors (Lipinski definition) is 3. The monoisotopic (exact) mass is 556 g/mol. The molecular formula is C31H32N4O6. The highest BCUT2D eigenvalue weighted by atomic mass is 16.6. The molecule has 0 saturated heterocycles. The largest absolute Gasteiger partial charge is 0.444 e. The van der Waals surface area contributed by atoms with Crippen LogP contribution in [0.2, 0.25) is 0 Å². The number of ether oxygens (including phenoxy) is 1. The molecule has 10 heteroatoms. The molecule has 0 spiro atoms. The van der Waals surface area contributed by atoms with Crippen LogP contribution in [0.1, 0.15) is 52.6 Å². The SMILES string of the molecule is CC(C)(C)OC(=O)NCC(=O)Nc1ccc(CNC(=O)C(Cc2ccccc2)N2C(=O)c3ccccc3C2=O)cc1. The highest BCUT2D eigenvalue weighted by Crippen LogP contribution is 2.26. The van der Waals surface area contributed by atoms with Crippen molar-refractivity contribution in [3.63, 3.8) is 0 Å². The van der Waals surface area contributed by atoms with Crippen LogP contribution in [-0.2, 0) is 27.3 Å². The van der Waals surface area contributed by atoms with Crippen molar-refractivity contribution in [2.24, 2.45) is 0 Å². The molecule has 0 aliphatic carbocycles. The maximum absolute atomic E-state index is 13.4. The summed E-state index contributed by atoms with van der Waals surface area (Å²) in [5.74, 6) is -1.89. The summed E-state index contributed by atoms with van der Waals surface area (Å²) in [4.78, 5) is 64.6. The maximum Gasteiger partial charge on any atom is 0.408 e. The van der Waals surface area contributed by atoms with Crippen molar-refractivity contribution in [1.82, 2.24) is 15.5 Å². The van der Waals surface area contributed by atoms with Crippen molar-refractivity contribution in [2.45, 2.75) is 45.4 Å². The third-order valence-corrected chi connectivity index (χ3v) is 6.21. The summed E-state index contributed by atoms with van der Waals surface area (Å²) < 4.78 is 5.11. The van der Waals surface area contributed by atoms with Gasteiger partial charge in [-0.25, -0.2) is 4.79 Å². The number of alkyl carbamates (subject to hydrolysis) is 1. The summed E-state index contributed by atoms with van der Waals surface area (Å²) in [6.45, 7) is 5.06. The summed E-state index contributed by atoms with van der Waals surface area (Å²) in [5.41, 5.74) is 1.95. The van der Waals surface area contributed by atoms with E-state index in [1.807, 2.05) is 30.3 Å². The number of hydrogen-bond acceptors (Lipinski definition) is 6. The molecule has 5 amide bonds. The molecule has 3 aromatic carbocycles. The van der Waals surface area contributed by atoms with E-state index >= 15 is 0 Å². The zero-order valence-corrected chi connectivity index (χ0v) is 23.1. The zero-order chi connectivity index (χ0) is 29.6. The van der Waals surface area contributed by atoms with Gasteiger partial charge >= 0.3 is 6.09 Å². The molecule has 3 aromatic rings. The number of anilines is 1. The molecule has 212 valence electrons. The van der Waals surface area contributed by atoms with Crippen molar-refractivity contribution < 1.29 is 28.7 Å². The van der Waals surface area contributed by atoms with Gasteiger partial charge in [0, 0.05) is 18.7 Å². The predicted molar refractivity (Wildman–Crippen MR) is 152 cm³/mol. The first-order valence-electron chi connectivity index (χ1n) is 13.2. The van der Waals surface area contributed by atoms with E-state index in [9.17, 15) is 24.0 Å². The van der Waals surface area contributed by atoms with E-state index < -0.39 is 41.4 Å². The summed E-state index contributed by atoms with van der Waals surface area (Å²) in [5, 5.41) is 7.91. The number of rotatable bonds is 9. The number of fused-ring (bicyclic) bond motifs is 1. The third-order valence-electron chi connectivity index (χ3n) is 6.21. The molecule has 3 N–H and O–H groups in total. The van der Waals surface area contributed by atoms with Gasteiger partial charge in [-0.05, 0) is 56.2 Å². The van der Waals surface area contributed by atoms with E-state index in [1.165, 1.54) is 0 Å². The van der Waals surface area contributed by atoms with Gasteiger partial charge in [0.1, 0.15) is 18.2 Å². The van der Waals surface area contributed by atoms with Crippen molar-refractivity contribution in [3.8, 4) is 0 Å². The van der Waals surface area contributed by atoms with Crippen molar-refractivity contribution in [1.29, 1.82) is 0 Å². The highest BCUT2D eigenvalue weighted by Gasteiger charge is 2.42. The lowest BCUT2D eigenvalue weighted by atomic mass is 10.0. The van der Waals surface area contributed by atoms with Gasteiger partial charge in [-0.1, -0.05) is 54.6 Å². The summed E-state index contributed by atoms with van der Waals surface area (Å²) >= 11 is 0. The van der Waals surface area contributed by atoms with Crippen LogP contribution in [-0.4, -0.2) is 52.8 Å². The van der Waals surface area contributed by atoms with Gasteiger partial charge in [0.15, 0.2) is 0 Å². The van der Waals surface area contributed by atoms with Crippen LogP contribution in [0, 0.1) is 0 Å². The van der Waals surface area contributed by atoms with Crippen LogP contribution >= 0.6 is 0 Å². The van der Waals surface area contributed by atoms with Gasteiger partial charge in [0.2, 0.25) is 11.8 Å². The number of nitrogens with one attached hydrogen (secondary N) is 3. The molecule has 0 saturated carbocycles. The second-order valence-corrected chi connectivity index (χ2v) is 10.5. The van der Waals surface area contributed by atoms with Crippen molar-refractivity contribution in [2.75, 3.05) is 11.9 Å². The van der Waals surface area contributed by atoms with E-state index in [-0.39, 0.29) is 30.6 Å². The first-order chi connectivity index (χ1) is 19.5. The number of carbonyl (C=O) groups is 5.